The molecule has 5 rings (SSSR count). The van der Waals surface area contributed by atoms with Gasteiger partial charge < -0.3 is 9.67 Å². The number of aromatic amines is 1. The average Bonchev–Trinajstić information content (AvgIpc) is 3.49. The molecule has 8 nitrogen and oxygen atoms in total. The molecule has 2 heterocycles. The number of rotatable bonds is 7. The van der Waals surface area contributed by atoms with Gasteiger partial charge in [-0.2, -0.15) is 0 Å². The summed E-state index contributed by atoms with van der Waals surface area (Å²) in [6.45, 7) is 4.65. The number of hydrogen-bond donors (Lipinski definition) is 2. The summed E-state index contributed by atoms with van der Waals surface area (Å²) in [6, 6.07) is 19.8. The van der Waals surface area contributed by atoms with Gasteiger partial charge in [0, 0.05) is 18.5 Å². The van der Waals surface area contributed by atoms with Gasteiger partial charge in [0.1, 0.15) is 5.82 Å². The van der Waals surface area contributed by atoms with E-state index in [1.165, 1.54) is 0 Å². The number of benzene rings is 3. The predicted octanol–water partition coefficient (Wildman–Crippen LogP) is 4.89. The van der Waals surface area contributed by atoms with Crippen molar-refractivity contribution >= 4 is 17.0 Å². The second-order valence-electron chi connectivity index (χ2n) is 8.32. The van der Waals surface area contributed by atoms with Crippen molar-refractivity contribution in [3.05, 3.63) is 83.2 Å². The summed E-state index contributed by atoms with van der Waals surface area (Å²) < 4.78 is 2.14. The lowest BCUT2D eigenvalue weighted by atomic mass is 9.98. The van der Waals surface area contributed by atoms with Crippen molar-refractivity contribution in [3.63, 3.8) is 0 Å². The Labute approximate surface area is 196 Å². The van der Waals surface area contributed by atoms with Gasteiger partial charge in [-0.1, -0.05) is 55.5 Å². The van der Waals surface area contributed by atoms with Gasteiger partial charge in [-0.15, -0.1) is 5.10 Å². The number of nitrogens with zero attached hydrogens (tertiary/aromatic N) is 5. The van der Waals surface area contributed by atoms with E-state index in [9.17, 15) is 9.90 Å². The van der Waals surface area contributed by atoms with Gasteiger partial charge in [0.15, 0.2) is 5.82 Å². The summed E-state index contributed by atoms with van der Waals surface area (Å²) in [7, 11) is 0. The fourth-order valence-corrected chi connectivity index (χ4v) is 4.34. The molecule has 2 N–H and O–H groups in total. The van der Waals surface area contributed by atoms with Gasteiger partial charge in [-0.05, 0) is 58.2 Å². The Morgan fingerprint density at radius 1 is 1.06 bits per heavy atom. The molecule has 0 fully saturated rings. The molecule has 0 unspecified atom stereocenters. The van der Waals surface area contributed by atoms with Crippen LogP contribution in [0, 0.1) is 6.92 Å². The molecule has 0 atom stereocenters. The van der Waals surface area contributed by atoms with Gasteiger partial charge in [0.25, 0.3) is 0 Å². The van der Waals surface area contributed by atoms with Crippen LogP contribution in [0.3, 0.4) is 0 Å². The van der Waals surface area contributed by atoms with Crippen LogP contribution in [0.5, 0.6) is 0 Å². The van der Waals surface area contributed by atoms with Crippen LogP contribution < -0.4 is 0 Å². The van der Waals surface area contributed by atoms with E-state index in [0.29, 0.717) is 12.4 Å². The minimum atomic E-state index is -0.931. The number of fused-ring (bicyclic) bond motifs is 1. The molecule has 0 aliphatic carbocycles. The van der Waals surface area contributed by atoms with Crippen LogP contribution in [-0.4, -0.2) is 41.3 Å². The van der Waals surface area contributed by atoms with Crippen molar-refractivity contribution in [3.8, 4) is 22.5 Å². The fourth-order valence-electron chi connectivity index (χ4n) is 4.34. The minimum absolute atomic E-state index is 0.281. The number of tetrazole rings is 1. The summed E-state index contributed by atoms with van der Waals surface area (Å²) in [5.41, 5.74) is 7.01. The lowest BCUT2D eigenvalue weighted by Crippen LogP contribution is -2.06. The number of aromatic nitrogens is 6. The number of nitrogens with one attached hydrogen (secondary N) is 1. The summed E-state index contributed by atoms with van der Waals surface area (Å²) in [5, 5.41) is 23.8. The van der Waals surface area contributed by atoms with E-state index < -0.39 is 5.97 Å². The molecule has 0 aliphatic rings. The maximum atomic E-state index is 11.6. The first kappa shape index (κ1) is 21.5. The van der Waals surface area contributed by atoms with E-state index in [4.69, 9.17) is 4.98 Å². The number of carbonyl (C=O) groups is 1. The van der Waals surface area contributed by atoms with Crippen LogP contribution >= 0.6 is 0 Å². The van der Waals surface area contributed by atoms with Gasteiger partial charge in [0.2, 0.25) is 0 Å². The van der Waals surface area contributed by atoms with E-state index in [2.05, 4.69) is 56.4 Å². The lowest BCUT2D eigenvalue weighted by Gasteiger charge is -2.12. The fraction of sp³-hybridized carbons (Fsp3) is 0.192. The molecule has 34 heavy (non-hydrogen) atoms. The highest BCUT2D eigenvalue weighted by Gasteiger charge is 2.16. The Bertz CT molecular complexity index is 1470. The first-order valence-electron chi connectivity index (χ1n) is 11.2. The van der Waals surface area contributed by atoms with Gasteiger partial charge in [-0.25, -0.2) is 14.9 Å². The summed E-state index contributed by atoms with van der Waals surface area (Å²) in [5.74, 6) is 0.661. The smallest absolute Gasteiger partial charge is 0.335 e. The molecular formula is C26H24N6O2. The van der Waals surface area contributed by atoms with Crippen LogP contribution in [0.2, 0.25) is 0 Å². The van der Waals surface area contributed by atoms with Crippen molar-refractivity contribution in [1.82, 2.24) is 30.2 Å². The molecule has 3 aromatic carbocycles. The number of carboxylic acids is 1. The zero-order valence-electron chi connectivity index (χ0n) is 19.0. The Morgan fingerprint density at radius 3 is 2.50 bits per heavy atom. The maximum Gasteiger partial charge on any atom is 0.335 e. The van der Waals surface area contributed by atoms with E-state index in [0.717, 1.165) is 57.5 Å². The van der Waals surface area contributed by atoms with Crippen molar-refractivity contribution in [2.24, 2.45) is 0 Å². The highest BCUT2D eigenvalue weighted by Crippen LogP contribution is 2.30. The number of hydrogen-bond acceptors (Lipinski definition) is 5. The molecule has 0 amide bonds. The molecule has 5 aromatic rings. The van der Waals surface area contributed by atoms with Gasteiger partial charge in [0.05, 0.1) is 16.6 Å². The van der Waals surface area contributed by atoms with Crippen LogP contribution in [0.1, 0.15) is 40.7 Å². The third-order valence-corrected chi connectivity index (χ3v) is 5.98. The zero-order chi connectivity index (χ0) is 23.7. The topological polar surface area (TPSA) is 110 Å². The Balaban J connectivity index is 1.52. The van der Waals surface area contributed by atoms with Crippen molar-refractivity contribution in [2.45, 2.75) is 33.2 Å². The Hall–Kier alpha value is -4.33. The molecule has 8 heteroatoms. The van der Waals surface area contributed by atoms with Crippen LogP contribution in [0.25, 0.3) is 33.5 Å². The molecule has 0 bridgehead atoms. The van der Waals surface area contributed by atoms with Crippen molar-refractivity contribution in [1.29, 1.82) is 0 Å². The highest BCUT2D eigenvalue weighted by atomic mass is 16.4. The molecule has 2 aromatic heterocycles. The van der Waals surface area contributed by atoms with E-state index >= 15 is 0 Å². The lowest BCUT2D eigenvalue weighted by molar-refractivity contribution is 0.0697. The van der Waals surface area contributed by atoms with Gasteiger partial charge >= 0.3 is 5.97 Å². The monoisotopic (exact) mass is 452 g/mol. The van der Waals surface area contributed by atoms with E-state index in [1.807, 2.05) is 31.2 Å². The molecule has 0 aliphatic heterocycles. The van der Waals surface area contributed by atoms with E-state index in [-0.39, 0.29) is 5.56 Å². The minimum Gasteiger partial charge on any atom is -0.478 e. The third kappa shape index (κ3) is 3.94. The molecule has 0 spiro atoms. The summed E-state index contributed by atoms with van der Waals surface area (Å²) in [4.78, 5) is 16.5. The number of imidazole rings is 1. The highest BCUT2D eigenvalue weighted by molar-refractivity contribution is 5.94. The van der Waals surface area contributed by atoms with Crippen LogP contribution in [0.15, 0.2) is 60.7 Å². The SMILES string of the molecule is CCCc1nc2c(C)cc(C(=O)O)cc2n1Cc1ccc(-c2ccccc2-c2nnn[nH]2)cc1. The Morgan fingerprint density at radius 2 is 1.82 bits per heavy atom. The number of aryl methyl sites for hydroxylation is 2. The largest absolute Gasteiger partial charge is 0.478 e. The van der Waals surface area contributed by atoms with Gasteiger partial charge in [-0.3, -0.25) is 0 Å². The number of aromatic carboxylic acids is 1. The van der Waals surface area contributed by atoms with Crippen LogP contribution in [0.4, 0.5) is 0 Å². The number of carboxylic acid groups (broad SMARTS) is 1. The summed E-state index contributed by atoms with van der Waals surface area (Å²) >= 11 is 0. The first-order chi connectivity index (χ1) is 16.5. The molecule has 0 saturated heterocycles. The second-order valence-corrected chi connectivity index (χ2v) is 8.32. The standard InChI is InChI=1S/C26H24N6O2/c1-3-6-23-27-24-16(2)13-19(26(33)34)14-22(24)32(23)15-17-9-11-18(12-10-17)20-7-4-5-8-21(20)25-28-30-31-29-25/h4-5,7-14H,3,6,15H2,1-2H3,(H,33,34)(H,28,29,30,31). The average molecular weight is 453 g/mol. The molecule has 0 radical (unpaired) electrons. The summed E-state index contributed by atoms with van der Waals surface area (Å²) in [6.07, 6.45) is 1.79. The van der Waals surface area contributed by atoms with Crippen LogP contribution in [-0.2, 0) is 13.0 Å². The normalized spacial score (nSPS) is 11.2. The van der Waals surface area contributed by atoms with Crippen molar-refractivity contribution < 1.29 is 9.90 Å². The predicted molar refractivity (Wildman–Crippen MR) is 130 cm³/mol. The quantitative estimate of drug-likeness (QED) is 0.364. The second kappa shape index (κ2) is 8.90. The zero-order valence-corrected chi connectivity index (χ0v) is 19.0. The maximum absolute atomic E-state index is 11.6. The van der Waals surface area contributed by atoms with Crippen molar-refractivity contribution in [2.75, 3.05) is 0 Å². The third-order valence-electron chi connectivity index (χ3n) is 5.98. The molecular weight excluding hydrogens is 428 g/mol. The first-order valence-corrected chi connectivity index (χ1v) is 11.2. The Kier molecular flexibility index (Phi) is 5.63. The number of H-pyrrole nitrogens is 1. The van der Waals surface area contributed by atoms with E-state index in [1.54, 1.807) is 12.1 Å². The molecule has 0 saturated carbocycles. The molecule has 170 valence electrons.